The molecule has 0 bridgehead atoms. The highest BCUT2D eigenvalue weighted by Gasteiger charge is 2.27. The number of nitrogens with zero attached hydrogens (tertiary/aromatic N) is 1. The SMILES string of the molecule is C=C(SC(=NC)C1C=CC(OC(C)C)C(=N)C1)c1cccc2c1CC/C2=C/NS(=O)(=O)CCNC. The van der Waals surface area contributed by atoms with Gasteiger partial charge in [0.25, 0.3) is 0 Å². The largest absolute Gasteiger partial charge is 0.366 e. The number of sulfonamides is 1. The average molecular weight is 517 g/mol. The predicted molar refractivity (Wildman–Crippen MR) is 149 cm³/mol. The molecular formula is C26H36N4O3S2. The van der Waals surface area contributed by atoms with Crippen molar-refractivity contribution >= 4 is 43.0 Å². The molecule has 0 amide bonds. The molecule has 190 valence electrons. The van der Waals surface area contributed by atoms with Gasteiger partial charge >= 0.3 is 0 Å². The fraction of sp³-hybridized carbons (Fsp3) is 0.462. The Bertz CT molecular complexity index is 1150. The van der Waals surface area contributed by atoms with Crippen LogP contribution in [0.4, 0.5) is 0 Å². The minimum atomic E-state index is -3.37. The third-order valence-corrected chi connectivity index (χ3v) is 8.37. The molecule has 2 unspecified atom stereocenters. The highest BCUT2D eigenvalue weighted by Crippen LogP contribution is 2.40. The summed E-state index contributed by atoms with van der Waals surface area (Å²) in [5, 5.41) is 12.2. The van der Waals surface area contributed by atoms with Gasteiger partial charge in [0.2, 0.25) is 10.0 Å². The number of allylic oxidation sites excluding steroid dienone is 2. The van der Waals surface area contributed by atoms with Gasteiger partial charge in [-0.2, -0.15) is 0 Å². The Balaban J connectivity index is 1.73. The molecule has 3 rings (SSSR count). The van der Waals surface area contributed by atoms with Gasteiger partial charge in [-0.05, 0) is 56.0 Å². The van der Waals surface area contributed by atoms with Crippen LogP contribution in [-0.4, -0.2) is 57.8 Å². The molecule has 2 aliphatic carbocycles. The van der Waals surface area contributed by atoms with Gasteiger partial charge in [-0.25, -0.2) is 8.42 Å². The third kappa shape index (κ3) is 7.16. The minimum Gasteiger partial charge on any atom is -0.366 e. The number of ether oxygens (including phenoxy) is 1. The van der Waals surface area contributed by atoms with Crippen molar-refractivity contribution in [1.82, 2.24) is 10.0 Å². The molecule has 1 aromatic carbocycles. The molecule has 0 radical (unpaired) electrons. The monoisotopic (exact) mass is 516 g/mol. The van der Waals surface area contributed by atoms with Crippen LogP contribution in [0.2, 0.25) is 0 Å². The van der Waals surface area contributed by atoms with E-state index in [4.69, 9.17) is 10.1 Å². The smallest absolute Gasteiger partial charge is 0.233 e. The van der Waals surface area contributed by atoms with E-state index in [0.29, 0.717) is 18.7 Å². The Morgan fingerprint density at radius 3 is 2.77 bits per heavy atom. The Kier molecular flexibility index (Phi) is 9.52. The molecule has 0 aliphatic heterocycles. The lowest BCUT2D eigenvalue weighted by Crippen LogP contribution is -2.31. The second-order valence-electron chi connectivity index (χ2n) is 8.95. The normalized spacial score (nSPS) is 21.6. The molecule has 2 aliphatic rings. The summed E-state index contributed by atoms with van der Waals surface area (Å²) in [7, 11) is 0.143. The van der Waals surface area contributed by atoms with Crippen LogP contribution in [0.5, 0.6) is 0 Å². The number of benzene rings is 1. The maximum atomic E-state index is 12.2. The van der Waals surface area contributed by atoms with Gasteiger partial charge in [-0.3, -0.25) is 9.71 Å². The van der Waals surface area contributed by atoms with Crippen molar-refractivity contribution in [2.24, 2.45) is 10.9 Å². The fourth-order valence-electron chi connectivity index (χ4n) is 4.25. The molecule has 35 heavy (non-hydrogen) atoms. The quantitative estimate of drug-likeness (QED) is 0.245. The second kappa shape index (κ2) is 12.2. The molecule has 0 heterocycles. The molecule has 0 aromatic heterocycles. The standard InChI is InChI=1S/C26H36N4O3S2/c1-17(2)33-25-12-10-19(15-24(25)27)26(29-5)34-18(3)21-7-6-8-22-20(9-11-23(21)22)16-30-35(31,32)14-13-28-4/h6-8,10,12,16-17,19,25,27-28,30H,3,9,11,13-15H2,1-2,4-5H3/b20-16-,27-24?,29-26?. The van der Waals surface area contributed by atoms with Crippen LogP contribution in [0, 0.1) is 11.3 Å². The number of hydrogen-bond donors (Lipinski definition) is 3. The zero-order valence-electron chi connectivity index (χ0n) is 20.9. The van der Waals surface area contributed by atoms with E-state index in [1.54, 1.807) is 32.1 Å². The van der Waals surface area contributed by atoms with E-state index in [1.165, 1.54) is 5.56 Å². The Morgan fingerprint density at radius 1 is 1.34 bits per heavy atom. The van der Waals surface area contributed by atoms with E-state index in [9.17, 15) is 8.42 Å². The van der Waals surface area contributed by atoms with Gasteiger partial charge in [-0.15, -0.1) is 0 Å². The molecular weight excluding hydrogens is 480 g/mol. The summed E-state index contributed by atoms with van der Waals surface area (Å²) in [6.45, 7) is 8.70. The summed E-state index contributed by atoms with van der Waals surface area (Å²) in [6.07, 6.45) is 7.65. The topological polar surface area (TPSA) is 104 Å². The Morgan fingerprint density at radius 2 is 2.11 bits per heavy atom. The van der Waals surface area contributed by atoms with Gasteiger partial charge < -0.3 is 15.5 Å². The first kappa shape index (κ1) is 27.4. The summed E-state index contributed by atoms with van der Waals surface area (Å²) in [6, 6.07) is 6.08. The molecule has 0 saturated carbocycles. The van der Waals surface area contributed by atoms with E-state index < -0.39 is 10.0 Å². The van der Waals surface area contributed by atoms with E-state index in [2.05, 4.69) is 33.8 Å². The lowest BCUT2D eigenvalue weighted by Gasteiger charge is -2.26. The van der Waals surface area contributed by atoms with Crippen molar-refractivity contribution in [3.63, 3.8) is 0 Å². The zero-order chi connectivity index (χ0) is 25.6. The first-order valence-electron chi connectivity index (χ1n) is 11.9. The van der Waals surface area contributed by atoms with Crippen LogP contribution in [0.15, 0.2) is 48.1 Å². The molecule has 1 aromatic rings. The van der Waals surface area contributed by atoms with Gasteiger partial charge in [-0.1, -0.05) is 48.7 Å². The fourth-order valence-corrected chi connectivity index (χ4v) is 6.12. The number of hydrogen-bond acceptors (Lipinski definition) is 7. The summed E-state index contributed by atoms with van der Waals surface area (Å²) in [5.41, 5.74) is 4.84. The molecule has 3 N–H and O–H groups in total. The van der Waals surface area contributed by atoms with Crippen LogP contribution in [0.3, 0.4) is 0 Å². The summed E-state index contributed by atoms with van der Waals surface area (Å²) in [4.78, 5) is 5.43. The van der Waals surface area contributed by atoms with E-state index in [-0.39, 0.29) is 23.9 Å². The predicted octanol–water partition coefficient (Wildman–Crippen LogP) is 4.23. The minimum absolute atomic E-state index is 0.0282. The molecule has 0 spiro atoms. The molecule has 9 heteroatoms. The molecule has 0 saturated heterocycles. The van der Waals surface area contributed by atoms with Crippen LogP contribution in [0.1, 0.15) is 43.4 Å². The third-order valence-electron chi connectivity index (χ3n) is 5.99. The van der Waals surface area contributed by atoms with Crippen molar-refractivity contribution in [2.45, 2.75) is 45.3 Å². The number of nitrogens with one attached hydrogen (secondary N) is 3. The van der Waals surface area contributed by atoms with Crippen molar-refractivity contribution in [1.29, 1.82) is 5.41 Å². The Labute approximate surface area is 213 Å². The second-order valence-corrected chi connectivity index (χ2v) is 11.9. The lowest BCUT2D eigenvalue weighted by molar-refractivity contribution is 0.0683. The highest BCUT2D eigenvalue weighted by atomic mass is 32.2. The van der Waals surface area contributed by atoms with E-state index in [0.717, 1.165) is 39.5 Å². The van der Waals surface area contributed by atoms with Crippen LogP contribution < -0.4 is 10.0 Å². The van der Waals surface area contributed by atoms with Crippen molar-refractivity contribution in [3.05, 3.63) is 59.8 Å². The average Bonchev–Trinajstić information content (AvgIpc) is 3.24. The number of fused-ring (bicyclic) bond motifs is 1. The number of rotatable bonds is 10. The van der Waals surface area contributed by atoms with Crippen LogP contribution in [-0.2, 0) is 21.2 Å². The summed E-state index contributed by atoms with van der Waals surface area (Å²) >= 11 is 1.54. The van der Waals surface area contributed by atoms with E-state index >= 15 is 0 Å². The van der Waals surface area contributed by atoms with Crippen molar-refractivity contribution < 1.29 is 13.2 Å². The maximum Gasteiger partial charge on any atom is 0.233 e. The summed E-state index contributed by atoms with van der Waals surface area (Å²) in [5.74, 6) is 0.0602. The lowest BCUT2D eigenvalue weighted by atomic mass is 9.93. The highest BCUT2D eigenvalue weighted by molar-refractivity contribution is 8.21. The first-order chi connectivity index (χ1) is 16.6. The van der Waals surface area contributed by atoms with Crippen molar-refractivity contribution in [3.8, 4) is 0 Å². The maximum absolute atomic E-state index is 12.2. The Hall–Kier alpha value is -2.20. The molecule has 0 fully saturated rings. The molecule has 7 nitrogen and oxygen atoms in total. The van der Waals surface area contributed by atoms with Gasteiger partial charge in [0.05, 0.1) is 16.9 Å². The first-order valence-corrected chi connectivity index (χ1v) is 14.3. The van der Waals surface area contributed by atoms with Crippen LogP contribution in [0.25, 0.3) is 10.5 Å². The number of aliphatic imine (C=N–C) groups is 1. The molecule has 2 atom stereocenters. The zero-order valence-corrected chi connectivity index (χ0v) is 22.6. The summed E-state index contributed by atoms with van der Waals surface area (Å²) < 4.78 is 32.8. The van der Waals surface area contributed by atoms with Gasteiger partial charge in [0.1, 0.15) is 6.10 Å². The number of thioether (sulfide) groups is 1. The van der Waals surface area contributed by atoms with Crippen LogP contribution >= 0.6 is 11.8 Å². The van der Waals surface area contributed by atoms with E-state index in [1.807, 2.05) is 32.1 Å². The van der Waals surface area contributed by atoms with Crippen molar-refractivity contribution in [2.75, 3.05) is 26.4 Å². The van der Waals surface area contributed by atoms with Gasteiger partial charge in [0, 0.05) is 42.7 Å². The van der Waals surface area contributed by atoms with Gasteiger partial charge in [0.15, 0.2) is 0 Å².